The number of urea groups is 1. The summed E-state index contributed by atoms with van der Waals surface area (Å²) in [4.78, 5) is 12.1. The molecule has 1 aliphatic heterocycles. The van der Waals surface area contributed by atoms with E-state index in [0.29, 0.717) is 18.9 Å². The van der Waals surface area contributed by atoms with E-state index in [1.165, 1.54) is 0 Å². The number of nitrogens with one attached hydrogen (secondary N) is 2. The number of ether oxygens (including phenoxy) is 2. The average Bonchev–Trinajstić information content (AvgIpc) is 3.34. The van der Waals surface area contributed by atoms with E-state index in [-0.39, 0.29) is 23.6 Å². The van der Waals surface area contributed by atoms with Gasteiger partial charge in [-0.1, -0.05) is 0 Å². The molecule has 1 saturated heterocycles. The Balaban J connectivity index is 1.58. The second kappa shape index (κ2) is 7.29. The number of anilines is 1. The molecule has 1 aliphatic carbocycles. The molecule has 0 aromatic heterocycles. The first-order valence-corrected chi connectivity index (χ1v) is 7.95. The van der Waals surface area contributed by atoms with Crippen molar-refractivity contribution in [2.24, 2.45) is 5.92 Å². The summed E-state index contributed by atoms with van der Waals surface area (Å²) in [6.45, 7) is -2.49. The first-order valence-electron chi connectivity index (χ1n) is 7.95. The van der Waals surface area contributed by atoms with Gasteiger partial charge in [-0.15, -0.1) is 0 Å². The van der Waals surface area contributed by atoms with Crippen LogP contribution < -0.4 is 15.4 Å². The Morgan fingerprint density at radius 1 is 1.29 bits per heavy atom. The molecule has 2 aliphatic rings. The third-order valence-corrected chi connectivity index (χ3v) is 4.20. The summed E-state index contributed by atoms with van der Waals surface area (Å²) in [5.74, 6) is -0.372. The maximum atomic E-state index is 13.3. The van der Waals surface area contributed by atoms with E-state index < -0.39 is 18.5 Å². The number of benzene rings is 1. The Morgan fingerprint density at radius 2 is 2.08 bits per heavy atom. The molecule has 2 atom stereocenters. The molecule has 2 amide bonds. The Kier molecular flexibility index (Phi) is 5.13. The van der Waals surface area contributed by atoms with E-state index in [0.717, 1.165) is 37.5 Å². The molecule has 3 rings (SSSR count). The molecular weight excluding hydrogens is 325 g/mol. The van der Waals surface area contributed by atoms with Crippen LogP contribution in [0.3, 0.4) is 0 Å². The smallest absolute Gasteiger partial charge is 0.387 e. The van der Waals surface area contributed by atoms with Gasteiger partial charge in [-0.2, -0.15) is 8.78 Å². The minimum atomic E-state index is -3.06. The molecule has 1 heterocycles. The van der Waals surface area contributed by atoms with Crippen LogP contribution in [0.5, 0.6) is 5.75 Å². The number of hydrogen-bond acceptors (Lipinski definition) is 3. The molecule has 2 fully saturated rings. The molecular formula is C16H19F3N2O3. The minimum Gasteiger partial charge on any atom is -0.433 e. The van der Waals surface area contributed by atoms with Crippen LogP contribution in [0.4, 0.5) is 23.7 Å². The first-order chi connectivity index (χ1) is 11.5. The van der Waals surface area contributed by atoms with Crippen LogP contribution in [0.1, 0.15) is 25.7 Å². The number of alkyl halides is 2. The number of hydrogen-bond donors (Lipinski definition) is 2. The molecule has 0 unspecified atom stereocenters. The van der Waals surface area contributed by atoms with E-state index in [1.54, 1.807) is 0 Å². The SMILES string of the molecule is O=C(Nc1cc(F)ccc1OC(F)F)N[C@H]1CCO[C@H](C2CC2)C1. The molecule has 1 aromatic carbocycles. The second-order valence-electron chi connectivity index (χ2n) is 6.09. The number of halogens is 3. The van der Waals surface area contributed by atoms with Gasteiger partial charge in [-0.05, 0) is 43.7 Å². The fourth-order valence-corrected chi connectivity index (χ4v) is 2.90. The topological polar surface area (TPSA) is 59.6 Å². The lowest BCUT2D eigenvalue weighted by Crippen LogP contribution is -2.44. The Hall–Kier alpha value is -1.96. The second-order valence-corrected chi connectivity index (χ2v) is 6.09. The van der Waals surface area contributed by atoms with Crippen molar-refractivity contribution in [2.75, 3.05) is 11.9 Å². The molecule has 5 nitrogen and oxygen atoms in total. The Bertz CT molecular complexity index is 596. The van der Waals surface area contributed by atoms with Gasteiger partial charge in [0.1, 0.15) is 11.6 Å². The molecule has 2 N–H and O–H groups in total. The molecule has 1 saturated carbocycles. The van der Waals surface area contributed by atoms with Gasteiger partial charge >= 0.3 is 12.6 Å². The fraction of sp³-hybridized carbons (Fsp3) is 0.562. The average molecular weight is 344 g/mol. The summed E-state index contributed by atoms with van der Waals surface area (Å²) in [6.07, 6.45) is 3.88. The third kappa shape index (κ3) is 4.53. The van der Waals surface area contributed by atoms with Crippen LogP contribution in [0.15, 0.2) is 18.2 Å². The molecule has 24 heavy (non-hydrogen) atoms. The Labute approximate surface area is 137 Å². The lowest BCUT2D eigenvalue weighted by molar-refractivity contribution is -0.0494. The monoisotopic (exact) mass is 344 g/mol. The zero-order valence-electron chi connectivity index (χ0n) is 12.9. The predicted molar refractivity (Wildman–Crippen MR) is 80.7 cm³/mol. The fourth-order valence-electron chi connectivity index (χ4n) is 2.90. The normalized spacial score (nSPS) is 23.8. The highest BCUT2D eigenvalue weighted by atomic mass is 19.3. The number of amides is 2. The third-order valence-electron chi connectivity index (χ3n) is 4.20. The van der Waals surface area contributed by atoms with Crippen molar-refractivity contribution >= 4 is 11.7 Å². The van der Waals surface area contributed by atoms with Gasteiger partial charge < -0.3 is 20.1 Å². The van der Waals surface area contributed by atoms with Crippen molar-refractivity contribution in [1.82, 2.24) is 5.32 Å². The molecule has 132 valence electrons. The summed E-state index contributed by atoms with van der Waals surface area (Å²) in [7, 11) is 0. The highest BCUT2D eigenvalue weighted by Gasteiger charge is 2.36. The van der Waals surface area contributed by atoms with Gasteiger partial charge in [0.15, 0.2) is 0 Å². The molecule has 0 radical (unpaired) electrons. The van der Waals surface area contributed by atoms with E-state index in [2.05, 4.69) is 15.4 Å². The van der Waals surface area contributed by atoms with Crippen LogP contribution in [0, 0.1) is 11.7 Å². The van der Waals surface area contributed by atoms with Crippen molar-refractivity contribution in [3.63, 3.8) is 0 Å². The molecule has 8 heteroatoms. The van der Waals surface area contributed by atoms with E-state index >= 15 is 0 Å². The maximum Gasteiger partial charge on any atom is 0.387 e. The largest absolute Gasteiger partial charge is 0.433 e. The van der Waals surface area contributed by atoms with E-state index in [9.17, 15) is 18.0 Å². The van der Waals surface area contributed by atoms with Gasteiger partial charge in [0.2, 0.25) is 0 Å². The van der Waals surface area contributed by atoms with Crippen molar-refractivity contribution < 1.29 is 27.4 Å². The molecule has 0 spiro atoms. The van der Waals surface area contributed by atoms with Crippen LogP contribution >= 0.6 is 0 Å². The maximum absolute atomic E-state index is 13.3. The summed E-state index contributed by atoms with van der Waals surface area (Å²) in [5, 5.41) is 5.16. The van der Waals surface area contributed by atoms with Gasteiger partial charge in [0, 0.05) is 18.7 Å². The van der Waals surface area contributed by atoms with Crippen LogP contribution in [0.25, 0.3) is 0 Å². The van der Waals surface area contributed by atoms with Crippen molar-refractivity contribution in [3.8, 4) is 5.75 Å². The highest BCUT2D eigenvalue weighted by Crippen LogP contribution is 2.38. The van der Waals surface area contributed by atoms with Crippen LogP contribution in [-0.4, -0.2) is 31.4 Å². The molecule has 1 aromatic rings. The van der Waals surface area contributed by atoms with Gasteiger partial charge in [-0.25, -0.2) is 9.18 Å². The standard InChI is InChI=1S/C16H19F3N2O3/c17-10-3-4-13(24-15(18)19)12(7-10)21-16(22)20-11-5-6-23-14(8-11)9-1-2-9/h3-4,7,9,11,14-15H,1-2,5-6,8H2,(H2,20,21,22)/t11-,14-/m0/s1. The number of rotatable bonds is 5. The van der Waals surface area contributed by atoms with Crippen molar-refractivity contribution in [3.05, 3.63) is 24.0 Å². The summed E-state index contributed by atoms with van der Waals surface area (Å²) in [6, 6.07) is 2.33. The lowest BCUT2D eigenvalue weighted by atomic mass is 10.0. The lowest BCUT2D eigenvalue weighted by Gasteiger charge is -2.30. The zero-order chi connectivity index (χ0) is 17.1. The summed E-state index contributed by atoms with van der Waals surface area (Å²) < 4.78 is 48.0. The predicted octanol–water partition coefficient (Wildman–Crippen LogP) is 3.51. The quantitative estimate of drug-likeness (QED) is 0.859. The number of carbonyl (C=O) groups excluding carboxylic acids is 1. The van der Waals surface area contributed by atoms with E-state index in [1.807, 2.05) is 0 Å². The van der Waals surface area contributed by atoms with Gasteiger partial charge in [0.05, 0.1) is 11.8 Å². The van der Waals surface area contributed by atoms with E-state index in [4.69, 9.17) is 4.74 Å². The summed E-state index contributed by atoms with van der Waals surface area (Å²) in [5.41, 5.74) is -0.140. The van der Waals surface area contributed by atoms with Crippen molar-refractivity contribution in [2.45, 2.75) is 44.4 Å². The highest BCUT2D eigenvalue weighted by molar-refractivity contribution is 5.91. The molecule has 0 bridgehead atoms. The van der Waals surface area contributed by atoms with Crippen LogP contribution in [-0.2, 0) is 4.74 Å². The van der Waals surface area contributed by atoms with Gasteiger partial charge in [-0.3, -0.25) is 0 Å². The minimum absolute atomic E-state index is 0.0580. The summed E-state index contributed by atoms with van der Waals surface area (Å²) >= 11 is 0. The van der Waals surface area contributed by atoms with Crippen LogP contribution in [0.2, 0.25) is 0 Å². The first kappa shape index (κ1) is 16.9. The number of carbonyl (C=O) groups is 1. The Morgan fingerprint density at radius 3 is 2.79 bits per heavy atom. The van der Waals surface area contributed by atoms with Gasteiger partial charge in [0.25, 0.3) is 0 Å². The zero-order valence-corrected chi connectivity index (χ0v) is 12.9. The van der Waals surface area contributed by atoms with Crippen molar-refractivity contribution in [1.29, 1.82) is 0 Å².